The van der Waals surface area contributed by atoms with E-state index >= 15 is 8.78 Å². The normalized spacial score (nSPS) is 21.7. The number of likely N-dealkylation sites (tertiary alicyclic amines) is 2. The summed E-state index contributed by atoms with van der Waals surface area (Å²) >= 11 is 0. The van der Waals surface area contributed by atoms with Gasteiger partial charge in [-0.15, -0.1) is 13.2 Å². The van der Waals surface area contributed by atoms with Crippen LogP contribution in [0.25, 0.3) is 0 Å². The monoisotopic (exact) mass is 541 g/mol. The summed E-state index contributed by atoms with van der Waals surface area (Å²) < 4.78 is 76.1. The molecule has 2 aromatic rings. The van der Waals surface area contributed by atoms with E-state index in [0.717, 1.165) is 36.4 Å². The van der Waals surface area contributed by atoms with Crippen molar-refractivity contribution in [2.24, 2.45) is 0 Å². The molecule has 2 fully saturated rings. The number of hydrogen-bond donors (Lipinski definition) is 1. The van der Waals surface area contributed by atoms with Gasteiger partial charge in [0, 0.05) is 48.8 Å². The fourth-order valence-electron chi connectivity index (χ4n) is 4.85. The standard InChI is InChI=1S/C25H24F5N3O5/c1-3-32-9-8-19(23(32)35)33-12-16(20-17(26)10-15(37-2)11-18(20)27)21(24(33)36)31-22(34)13-4-6-14(7-5-13)38-25(28,29)30/h4-7,10-11,16,19,21H,3,8-9,12H2,1-2H3,(H,31,34)/t16-,19?,21?/m0/s1. The third kappa shape index (κ3) is 5.36. The van der Waals surface area contributed by atoms with Crippen molar-refractivity contribution in [1.82, 2.24) is 15.1 Å². The summed E-state index contributed by atoms with van der Waals surface area (Å²) in [5, 5.41) is 2.46. The molecule has 0 spiro atoms. The van der Waals surface area contributed by atoms with Gasteiger partial charge in [0.2, 0.25) is 11.8 Å². The van der Waals surface area contributed by atoms with Crippen LogP contribution in [0.3, 0.4) is 0 Å². The van der Waals surface area contributed by atoms with Crippen LogP contribution in [0.4, 0.5) is 22.0 Å². The average Bonchev–Trinajstić information content (AvgIpc) is 3.37. The van der Waals surface area contributed by atoms with Crippen LogP contribution in [-0.4, -0.2) is 72.7 Å². The maximum atomic E-state index is 15.0. The molecule has 0 bridgehead atoms. The number of halogens is 5. The summed E-state index contributed by atoms with van der Waals surface area (Å²) in [5.74, 6) is -5.71. The van der Waals surface area contributed by atoms with Crippen molar-refractivity contribution < 1.29 is 45.8 Å². The minimum Gasteiger partial charge on any atom is -0.497 e. The Morgan fingerprint density at radius 1 is 1.05 bits per heavy atom. The minimum absolute atomic E-state index is 0.0868. The molecule has 2 heterocycles. The second-order valence-corrected chi connectivity index (χ2v) is 8.85. The number of carbonyl (C=O) groups excluding carboxylic acids is 3. The lowest BCUT2D eigenvalue weighted by Crippen LogP contribution is -2.47. The molecule has 13 heteroatoms. The van der Waals surface area contributed by atoms with E-state index in [9.17, 15) is 27.6 Å². The van der Waals surface area contributed by atoms with Crippen LogP contribution in [0.5, 0.6) is 11.5 Å². The van der Waals surface area contributed by atoms with E-state index < -0.39 is 59.1 Å². The largest absolute Gasteiger partial charge is 0.573 e. The molecular weight excluding hydrogens is 517 g/mol. The molecule has 204 valence electrons. The highest BCUT2D eigenvalue weighted by atomic mass is 19.4. The number of rotatable bonds is 7. The molecule has 4 rings (SSSR count). The number of benzene rings is 2. The van der Waals surface area contributed by atoms with E-state index in [-0.39, 0.29) is 23.8 Å². The average molecular weight is 541 g/mol. The first-order valence-electron chi connectivity index (χ1n) is 11.7. The lowest BCUT2D eigenvalue weighted by atomic mass is 9.92. The van der Waals surface area contributed by atoms with E-state index in [1.807, 2.05) is 0 Å². The second-order valence-electron chi connectivity index (χ2n) is 8.85. The number of carbonyl (C=O) groups is 3. The van der Waals surface area contributed by atoms with E-state index in [1.54, 1.807) is 11.8 Å². The van der Waals surface area contributed by atoms with Crippen molar-refractivity contribution in [3.8, 4) is 11.5 Å². The Labute approximate surface area is 214 Å². The van der Waals surface area contributed by atoms with Crippen molar-refractivity contribution in [2.75, 3.05) is 26.7 Å². The van der Waals surface area contributed by atoms with Gasteiger partial charge < -0.3 is 24.6 Å². The first-order chi connectivity index (χ1) is 17.9. The van der Waals surface area contributed by atoms with Crippen molar-refractivity contribution >= 4 is 17.7 Å². The van der Waals surface area contributed by atoms with Crippen LogP contribution in [0.15, 0.2) is 36.4 Å². The van der Waals surface area contributed by atoms with E-state index in [0.29, 0.717) is 19.5 Å². The van der Waals surface area contributed by atoms with Crippen LogP contribution < -0.4 is 14.8 Å². The Hall–Kier alpha value is -3.90. The van der Waals surface area contributed by atoms with Crippen molar-refractivity contribution in [3.05, 3.63) is 59.2 Å². The van der Waals surface area contributed by atoms with Gasteiger partial charge in [0.05, 0.1) is 7.11 Å². The highest BCUT2D eigenvalue weighted by Gasteiger charge is 2.50. The molecular formula is C25H24F5N3O5. The predicted molar refractivity (Wildman–Crippen MR) is 122 cm³/mol. The van der Waals surface area contributed by atoms with Crippen LogP contribution in [0, 0.1) is 11.6 Å². The van der Waals surface area contributed by atoms with Gasteiger partial charge in [-0.3, -0.25) is 14.4 Å². The Morgan fingerprint density at radius 2 is 1.68 bits per heavy atom. The molecule has 2 aromatic carbocycles. The molecule has 2 unspecified atom stereocenters. The first-order valence-corrected chi connectivity index (χ1v) is 11.7. The quantitative estimate of drug-likeness (QED) is 0.544. The molecule has 38 heavy (non-hydrogen) atoms. The van der Waals surface area contributed by atoms with Gasteiger partial charge >= 0.3 is 6.36 Å². The zero-order valence-corrected chi connectivity index (χ0v) is 20.4. The topological polar surface area (TPSA) is 88.2 Å². The van der Waals surface area contributed by atoms with Gasteiger partial charge in [-0.05, 0) is 37.6 Å². The molecule has 2 saturated heterocycles. The Balaban J connectivity index is 1.64. The summed E-state index contributed by atoms with van der Waals surface area (Å²) in [6.45, 7) is 2.38. The molecule has 2 aliphatic heterocycles. The zero-order valence-electron chi connectivity index (χ0n) is 20.4. The van der Waals surface area contributed by atoms with Gasteiger partial charge in [0.1, 0.15) is 35.2 Å². The summed E-state index contributed by atoms with van der Waals surface area (Å²) in [6.07, 6.45) is -4.60. The van der Waals surface area contributed by atoms with Crippen LogP contribution >= 0.6 is 0 Å². The number of amides is 3. The molecule has 3 amide bonds. The summed E-state index contributed by atoms with van der Waals surface area (Å²) in [7, 11) is 1.23. The number of likely N-dealkylation sites (N-methyl/N-ethyl adjacent to an activating group) is 1. The van der Waals surface area contributed by atoms with Gasteiger partial charge in [-0.1, -0.05) is 0 Å². The summed E-state index contributed by atoms with van der Waals surface area (Å²) in [4.78, 5) is 42.0. The molecule has 1 N–H and O–H groups in total. The molecule has 0 saturated carbocycles. The van der Waals surface area contributed by atoms with Crippen molar-refractivity contribution in [2.45, 2.75) is 37.7 Å². The second kappa shape index (κ2) is 10.5. The fourth-order valence-corrected chi connectivity index (χ4v) is 4.85. The Bertz CT molecular complexity index is 1210. The number of nitrogens with zero attached hydrogens (tertiary/aromatic N) is 2. The van der Waals surface area contributed by atoms with Gasteiger partial charge in [0.25, 0.3) is 5.91 Å². The predicted octanol–water partition coefficient (Wildman–Crippen LogP) is 3.22. The highest BCUT2D eigenvalue weighted by Crippen LogP contribution is 2.37. The summed E-state index contributed by atoms with van der Waals surface area (Å²) in [6, 6.07) is 3.54. The number of alkyl halides is 3. The van der Waals surface area contributed by atoms with Crippen LogP contribution in [0.1, 0.15) is 35.2 Å². The molecule has 2 aliphatic rings. The number of nitrogens with one attached hydrogen (secondary N) is 1. The van der Waals surface area contributed by atoms with Gasteiger partial charge in [0.15, 0.2) is 0 Å². The third-order valence-electron chi connectivity index (χ3n) is 6.67. The fraction of sp³-hybridized carbons (Fsp3) is 0.400. The molecule has 8 nitrogen and oxygen atoms in total. The Kier molecular flexibility index (Phi) is 7.47. The molecule has 3 atom stereocenters. The number of ether oxygens (including phenoxy) is 2. The van der Waals surface area contributed by atoms with Gasteiger partial charge in [-0.2, -0.15) is 0 Å². The summed E-state index contributed by atoms with van der Waals surface area (Å²) in [5.41, 5.74) is -0.576. The van der Waals surface area contributed by atoms with Crippen LogP contribution in [-0.2, 0) is 9.59 Å². The van der Waals surface area contributed by atoms with Crippen molar-refractivity contribution in [3.63, 3.8) is 0 Å². The minimum atomic E-state index is -4.92. The lowest BCUT2D eigenvalue weighted by molar-refractivity contribution is -0.274. The van der Waals surface area contributed by atoms with E-state index in [1.165, 1.54) is 12.0 Å². The molecule has 0 radical (unpaired) electrons. The van der Waals surface area contributed by atoms with Crippen LogP contribution in [0.2, 0.25) is 0 Å². The lowest BCUT2D eigenvalue weighted by Gasteiger charge is -2.23. The zero-order chi connectivity index (χ0) is 27.8. The number of hydrogen-bond acceptors (Lipinski definition) is 5. The maximum Gasteiger partial charge on any atom is 0.573 e. The molecule has 0 aliphatic carbocycles. The third-order valence-corrected chi connectivity index (χ3v) is 6.67. The molecule has 0 aromatic heterocycles. The van der Waals surface area contributed by atoms with E-state index in [2.05, 4.69) is 10.1 Å². The van der Waals surface area contributed by atoms with Crippen molar-refractivity contribution in [1.29, 1.82) is 0 Å². The Morgan fingerprint density at radius 3 is 2.21 bits per heavy atom. The SMILES string of the molecule is CCN1CCC(N2C[C@@H](c3c(F)cc(OC)cc3F)C(NC(=O)c3ccc(OC(F)(F)F)cc3)C2=O)C1=O. The maximum absolute atomic E-state index is 15.0. The highest BCUT2D eigenvalue weighted by molar-refractivity contribution is 6.00. The number of methoxy groups -OCH3 is 1. The van der Waals surface area contributed by atoms with Gasteiger partial charge in [-0.25, -0.2) is 8.78 Å². The smallest absolute Gasteiger partial charge is 0.497 e. The van der Waals surface area contributed by atoms with E-state index in [4.69, 9.17) is 4.74 Å². The first kappa shape index (κ1) is 27.1.